The van der Waals surface area contributed by atoms with Gasteiger partial charge in [0.15, 0.2) is 0 Å². The van der Waals surface area contributed by atoms with Crippen molar-refractivity contribution in [2.24, 2.45) is 5.92 Å². The Balaban J connectivity index is 1.64. The van der Waals surface area contributed by atoms with Crippen molar-refractivity contribution in [3.8, 4) is 0 Å². The summed E-state index contributed by atoms with van der Waals surface area (Å²) in [6.07, 6.45) is 5.80. The predicted octanol–water partition coefficient (Wildman–Crippen LogP) is 3.14. The zero-order valence-corrected chi connectivity index (χ0v) is 11.9. The zero-order chi connectivity index (χ0) is 14.5. The highest BCUT2D eigenvalue weighted by Crippen LogP contribution is 2.16. The Kier molecular flexibility index (Phi) is 4.15. The third kappa shape index (κ3) is 3.60. The van der Waals surface area contributed by atoms with Gasteiger partial charge < -0.3 is 5.32 Å². The molecule has 106 valence electrons. The van der Waals surface area contributed by atoms with Gasteiger partial charge in [0.1, 0.15) is 0 Å². The highest BCUT2D eigenvalue weighted by Gasteiger charge is 2.23. The molecule has 2 heteroatoms. The standard InChI is InChI=1S/C19H19NO/c21-19-17(13-15-7-3-1-4-8-15)11-12-18(20-19)14-16-9-5-2-6-10-16/h1-12,17-18H,13-14H2,(H,20,21)/t17-,18-/m1/s1. The van der Waals surface area contributed by atoms with E-state index in [1.807, 2.05) is 36.4 Å². The minimum atomic E-state index is -0.0561. The van der Waals surface area contributed by atoms with Crippen molar-refractivity contribution in [1.82, 2.24) is 5.32 Å². The lowest BCUT2D eigenvalue weighted by Crippen LogP contribution is -2.42. The summed E-state index contributed by atoms with van der Waals surface area (Å²) >= 11 is 0. The second kappa shape index (κ2) is 6.40. The zero-order valence-electron chi connectivity index (χ0n) is 11.9. The van der Waals surface area contributed by atoms with Crippen molar-refractivity contribution in [2.75, 3.05) is 0 Å². The molecular formula is C19H19NO. The molecule has 2 aromatic carbocycles. The number of nitrogens with one attached hydrogen (secondary N) is 1. The molecule has 0 radical (unpaired) electrons. The molecule has 0 aromatic heterocycles. The summed E-state index contributed by atoms with van der Waals surface area (Å²) in [5.74, 6) is 0.0710. The third-order valence-electron chi connectivity index (χ3n) is 3.84. The molecule has 0 spiro atoms. The summed E-state index contributed by atoms with van der Waals surface area (Å²) in [6.45, 7) is 0. The van der Waals surface area contributed by atoms with Crippen LogP contribution in [0.4, 0.5) is 0 Å². The Morgan fingerprint density at radius 3 is 1.90 bits per heavy atom. The Labute approximate surface area is 125 Å². The molecule has 0 bridgehead atoms. The van der Waals surface area contributed by atoms with E-state index < -0.39 is 0 Å². The largest absolute Gasteiger partial charge is 0.349 e. The van der Waals surface area contributed by atoms with Gasteiger partial charge in [-0.2, -0.15) is 0 Å². The SMILES string of the molecule is O=C1N[C@@H](Cc2ccccc2)C=C[C@@H]1Cc1ccccc1. The van der Waals surface area contributed by atoms with Crippen LogP contribution in [-0.4, -0.2) is 11.9 Å². The summed E-state index contributed by atoms with van der Waals surface area (Å²) in [6, 6.07) is 20.5. The number of hydrogen-bond acceptors (Lipinski definition) is 1. The quantitative estimate of drug-likeness (QED) is 0.855. The molecule has 0 saturated heterocycles. The second-order valence-electron chi connectivity index (χ2n) is 5.49. The molecule has 1 N–H and O–H groups in total. The van der Waals surface area contributed by atoms with Gasteiger partial charge in [-0.15, -0.1) is 0 Å². The molecule has 0 saturated carbocycles. The molecule has 2 aromatic rings. The molecular weight excluding hydrogens is 258 g/mol. The first-order valence-electron chi connectivity index (χ1n) is 7.38. The normalized spacial score (nSPS) is 21.0. The van der Waals surface area contributed by atoms with Crippen molar-refractivity contribution in [1.29, 1.82) is 0 Å². The van der Waals surface area contributed by atoms with Gasteiger partial charge >= 0.3 is 0 Å². The first-order chi connectivity index (χ1) is 10.3. The van der Waals surface area contributed by atoms with Crippen LogP contribution in [0.25, 0.3) is 0 Å². The van der Waals surface area contributed by atoms with E-state index in [-0.39, 0.29) is 17.9 Å². The van der Waals surface area contributed by atoms with Crippen molar-refractivity contribution in [3.63, 3.8) is 0 Å². The van der Waals surface area contributed by atoms with E-state index in [0.717, 1.165) is 12.8 Å². The molecule has 1 heterocycles. The van der Waals surface area contributed by atoms with Gasteiger partial charge in [-0.1, -0.05) is 72.8 Å². The van der Waals surface area contributed by atoms with Crippen LogP contribution in [0.5, 0.6) is 0 Å². The first kappa shape index (κ1) is 13.6. The molecule has 1 aliphatic rings. The van der Waals surface area contributed by atoms with E-state index >= 15 is 0 Å². The molecule has 3 rings (SSSR count). The molecule has 0 fully saturated rings. The summed E-state index contributed by atoms with van der Waals surface area (Å²) in [5, 5.41) is 3.11. The van der Waals surface area contributed by atoms with Crippen LogP contribution < -0.4 is 5.32 Å². The molecule has 2 nitrogen and oxygen atoms in total. The number of rotatable bonds is 4. The first-order valence-corrected chi connectivity index (χ1v) is 7.38. The van der Waals surface area contributed by atoms with Crippen LogP contribution in [0.15, 0.2) is 72.8 Å². The molecule has 2 atom stereocenters. The number of amides is 1. The lowest BCUT2D eigenvalue weighted by atomic mass is 9.92. The van der Waals surface area contributed by atoms with Gasteiger partial charge in [-0.3, -0.25) is 4.79 Å². The third-order valence-corrected chi connectivity index (χ3v) is 3.84. The maximum absolute atomic E-state index is 12.2. The van der Waals surface area contributed by atoms with Crippen molar-refractivity contribution < 1.29 is 4.79 Å². The number of carbonyl (C=O) groups is 1. The molecule has 0 aliphatic carbocycles. The Bertz CT molecular complexity index is 619. The van der Waals surface area contributed by atoms with Gasteiger partial charge in [0.25, 0.3) is 0 Å². The lowest BCUT2D eigenvalue weighted by molar-refractivity contribution is -0.124. The average molecular weight is 277 g/mol. The van der Waals surface area contributed by atoms with E-state index in [0.29, 0.717) is 0 Å². The fraction of sp³-hybridized carbons (Fsp3) is 0.211. The van der Waals surface area contributed by atoms with Gasteiger partial charge in [0.05, 0.1) is 12.0 Å². The van der Waals surface area contributed by atoms with Crippen molar-refractivity contribution >= 4 is 5.91 Å². The average Bonchev–Trinajstić information content (AvgIpc) is 2.52. The summed E-state index contributed by atoms with van der Waals surface area (Å²) < 4.78 is 0. The number of hydrogen-bond donors (Lipinski definition) is 1. The minimum absolute atomic E-state index is 0.0561. The van der Waals surface area contributed by atoms with Crippen LogP contribution in [0.2, 0.25) is 0 Å². The van der Waals surface area contributed by atoms with Crippen LogP contribution in [0.1, 0.15) is 11.1 Å². The van der Waals surface area contributed by atoms with Crippen LogP contribution in [-0.2, 0) is 17.6 Å². The lowest BCUT2D eigenvalue weighted by Gasteiger charge is -2.24. The smallest absolute Gasteiger partial charge is 0.227 e. The van der Waals surface area contributed by atoms with Crippen LogP contribution in [0, 0.1) is 5.92 Å². The second-order valence-corrected chi connectivity index (χ2v) is 5.49. The highest BCUT2D eigenvalue weighted by atomic mass is 16.2. The van der Waals surface area contributed by atoms with Gasteiger partial charge in [-0.25, -0.2) is 0 Å². The van der Waals surface area contributed by atoms with E-state index in [1.54, 1.807) is 0 Å². The monoisotopic (exact) mass is 277 g/mol. The maximum Gasteiger partial charge on any atom is 0.227 e. The van der Waals surface area contributed by atoms with Crippen LogP contribution >= 0.6 is 0 Å². The molecule has 21 heavy (non-hydrogen) atoms. The Morgan fingerprint density at radius 2 is 1.33 bits per heavy atom. The number of carbonyl (C=O) groups excluding carboxylic acids is 1. The van der Waals surface area contributed by atoms with E-state index in [9.17, 15) is 4.79 Å². The van der Waals surface area contributed by atoms with E-state index in [2.05, 4.69) is 41.7 Å². The van der Waals surface area contributed by atoms with Crippen molar-refractivity contribution in [3.05, 3.63) is 83.9 Å². The topological polar surface area (TPSA) is 29.1 Å². The maximum atomic E-state index is 12.2. The summed E-state index contributed by atoms with van der Waals surface area (Å²) in [4.78, 5) is 12.2. The summed E-state index contributed by atoms with van der Waals surface area (Å²) in [5.41, 5.74) is 2.44. The molecule has 1 amide bonds. The highest BCUT2D eigenvalue weighted by molar-refractivity contribution is 5.82. The van der Waals surface area contributed by atoms with Gasteiger partial charge in [0.2, 0.25) is 5.91 Å². The Morgan fingerprint density at radius 1 is 0.762 bits per heavy atom. The fourth-order valence-electron chi connectivity index (χ4n) is 2.71. The summed E-state index contributed by atoms with van der Waals surface area (Å²) in [7, 11) is 0. The fourth-order valence-corrected chi connectivity index (χ4v) is 2.71. The Hall–Kier alpha value is -2.35. The van der Waals surface area contributed by atoms with E-state index in [1.165, 1.54) is 11.1 Å². The predicted molar refractivity (Wildman–Crippen MR) is 84.9 cm³/mol. The van der Waals surface area contributed by atoms with E-state index in [4.69, 9.17) is 0 Å². The molecule has 0 unspecified atom stereocenters. The van der Waals surface area contributed by atoms with Gasteiger partial charge in [0, 0.05) is 0 Å². The molecule has 1 aliphatic heterocycles. The minimum Gasteiger partial charge on any atom is -0.349 e. The van der Waals surface area contributed by atoms with Crippen molar-refractivity contribution in [2.45, 2.75) is 18.9 Å². The van der Waals surface area contributed by atoms with Gasteiger partial charge in [-0.05, 0) is 24.0 Å². The number of benzene rings is 2. The van der Waals surface area contributed by atoms with Crippen LogP contribution in [0.3, 0.4) is 0 Å².